The summed E-state index contributed by atoms with van der Waals surface area (Å²) in [4.78, 5) is 109. The molecule has 3 rings (SSSR count). The van der Waals surface area contributed by atoms with Crippen LogP contribution < -0.4 is 31.9 Å². The van der Waals surface area contributed by atoms with Crippen LogP contribution in [0.2, 0.25) is 0 Å². The summed E-state index contributed by atoms with van der Waals surface area (Å²) in [6.45, 7) is 7.82. The largest absolute Gasteiger partial charge is 0.480 e. The van der Waals surface area contributed by atoms with E-state index in [9.17, 15) is 43.5 Å². The van der Waals surface area contributed by atoms with Crippen molar-refractivity contribution in [1.82, 2.24) is 36.8 Å². The van der Waals surface area contributed by atoms with Gasteiger partial charge in [-0.3, -0.25) is 28.8 Å². The maximum absolute atomic E-state index is 14.7. The molecule has 340 valence electrons. The third-order valence-corrected chi connectivity index (χ3v) is 11.3. The Morgan fingerprint density at radius 2 is 1.39 bits per heavy atom. The Hall–Kier alpha value is -6.00. The van der Waals surface area contributed by atoms with E-state index >= 15 is 0 Å². The van der Waals surface area contributed by atoms with Crippen molar-refractivity contribution in [1.29, 1.82) is 0 Å². The Morgan fingerprint density at radius 3 is 1.95 bits per heavy atom. The summed E-state index contributed by atoms with van der Waals surface area (Å²) in [5.41, 5.74) is 1.79. The van der Waals surface area contributed by atoms with Gasteiger partial charge in [-0.15, -0.1) is 0 Å². The van der Waals surface area contributed by atoms with Gasteiger partial charge in [0.1, 0.15) is 42.9 Å². The lowest BCUT2D eigenvalue weighted by molar-refractivity contribution is -0.146. The van der Waals surface area contributed by atoms with Crippen LogP contribution in [0.4, 0.5) is 4.79 Å². The molecule has 7 amide bonds. The number of hydrogen-bond acceptors (Lipinski definition) is 9. The molecule has 17 nitrogen and oxygen atoms in total. The summed E-state index contributed by atoms with van der Waals surface area (Å²) in [7, 11) is 1.45. The molecule has 7 N–H and O–H groups in total. The fourth-order valence-electron chi connectivity index (χ4n) is 7.03. The van der Waals surface area contributed by atoms with Crippen LogP contribution in [-0.2, 0) is 51.1 Å². The van der Waals surface area contributed by atoms with Gasteiger partial charge < -0.3 is 46.6 Å². The summed E-state index contributed by atoms with van der Waals surface area (Å²) in [6.07, 6.45) is 2.52. The number of carboxylic acid groups (broad SMARTS) is 1. The molecule has 1 aliphatic rings. The molecule has 1 aliphatic heterocycles. The zero-order chi connectivity index (χ0) is 45.8. The summed E-state index contributed by atoms with van der Waals surface area (Å²) in [6, 6.07) is 10.5. The van der Waals surface area contributed by atoms with Gasteiger partial charge in [-0.1, -0.05) is 101 Å². The van der Waals surface area contributed by atoms with Crippen molar-refractivity contribution >= 4 is 47.5 Å². The van der Waals surface area contributed by atoms with Crippen LogP contribution >= 0.6 is 0 Å². The Kier molecular flexibility index (Phi) is 20.9. The summed E-state index contributed by atoms with van der Waals surface area (Å²) in [5, 5.41) is 25.9. The Labute approximate surface area is 364 Å². The number of nitrogens with one attached hydrogen (secondary N) is 6. The van der Waals surface area contributed by atoms with Gasteiger partial charge >= 0.3 is 18.0 Å². The number of rotatable bonds is 15. The number of ether oxygens (including phenoxy) is 1. The SMILES string of the molecule is CCC(C)C(NC(=O)NC1CCCCNC(=O)C(COC(C)=O)NC(=O)C(CCc2ccccc2)N(C)C(=O)C(CCc2ccccc2)NC(=O)C(C(C)CC)NC1=O)C(=O)O. The molecule has 2 aromatic carbocycles. The molecule has 17 heteroatoms. The van der Waals surface area contributed by atoms with E-state index in [4.69, 9.17) is 4.74 Å². The fourth-order valence-corrected chi connectivity index (χ4v) is 7.03. The van der Waals surface area contributed by atoms with Crippen molar-refractivity contribution in [3.8, 4) is 0 Å². The van der Waals surface area contributed by atoms with Gasteiger partial charge in [-0.05, 0) is 67.9 Å². The van der Waals surface area contributed by atoms with Crippen LogP contribution in [0.15, 0.2) is 60.7 Å². The highest BCUT2D eigenvalue weighted by Gasteiger charge is 2.37. The van der Waals surface area contributed by atoms with Gasteiger partial charge in [-0.2, -0.15) is 0 Å². The number of aliphatic carboxylic acids is 1. The van der Waals surface area contributed by atoms with Crippen LogP contribution in [0.25, 0.3) is 0 Å². The third kappa shape index (κ3) is 16.1. The summed E-state index contributed by atoms with van der Waals surface area (Å²) >= 11 is 0. The maximum Gasteiger partial charge on any atom is 0.326 e. The zero-order valence-corrected chi connectivity index (χ0v) is 36.7. The van der Waals surface area contributed by atoms with Crippen molar-refractivity contribution in [2.45, 2.75) is 129 Å². The average molecular weight is 864 g/mol. The molecule has 8 unspecified atom stereocenters. The van der Waals surface area contributed by atoms with Crippen LogP contribution in [0.1, 0.15) is 90.7 Å². The molecule has 0 spiro atoms. The minimum absolute atomic E-state index is 0.0325. The number of aryl methyl sites for hydroxylation is 2. The quantitative estimate of drug-likeness (QED) is 0.129. The van der Waals surface area contributed by atoms with Gasteiger partial charge in [0, 0.05) is 20.5 Å². The van der Waals surface area contributed by atoms with E-state index in [1.165, 1.54) is 18.9 Å². The highest BCUT2D eigenvalue weighted by atomic mass is 16.5. The van der Waals surface area contributed by atoms with Crippen molar-refractivity contribution in [2.75, 3.05) is 20.2 Å². The number of carboxylic acids is 1. The van der Waals surface area contributed by atoms with E-state index in [0.717, 1.165) is 11.1 Å². The zero-order valence-electron chi connectivity index (χ0n) is 36.7. The first-order valence-corrected chi connectivity index (χ1v) is 21.5. The minimum Gasteiger partial charge on any atom is -0.480 e. The lowest BCUT2D eigenvalue weighted by atomic mass is 9.96. The maximum atomic E-state index is 14.7. The number of amides is 7. The van der Waals surface area contributed by atoms with E-state index in [0.29, 0.717) is 32.1 Å². The van der Waals surface area contributed by atoms with Gasteiger partial charge in [0.05, 0.1) is 0 Å². The van der Waals surface area contributed by atoms with Crippen LogP contribution in [0, 0.1) is 11.8 Å². The van der Waals surface area contributed by atoms with Gasteiger partial charge in [-0.25, -0.2) is 9.59 Å². The van der Waals surface area contributed by atoms with E-state index < -0.39 is 102 Å². The number of likely N-dealkylation sites (N-methyl/N-ethyl adjacent to an activating group) is 1. The number of nitrogens with zero attached hydrogens (tertiary/aromatic N) is 1. The molecule has 0 bridgehead atoms. The lowest BCUT2D eigenvalue weighted by Crippen LogP contribution is -2.61. The van der Waals surface area contributed by atoms with Crippen LogP contribution in [0.5, 0.6) is 0 Å². The highest BCUT2D eigenvalue weighted by Crippen LogP contribution is 2.17. The second-order valence-electron chi connectivity index (χ2n) is 16.0. The first-order chi connectivity index (χ1) is 29.6. The van der Waals surface area contributed by atoms with Crippen molar-refractivity contribution < 1.29 is 48.2 Å². The predicted octanol–water partition coefficient (Wildman–Crippen LogP) is 2.61. The van der Waals surface area contributed by atoms with Gasteiger partial charge in [0.15, 0.2) is 0 Å². The summed E-state index contributed by atoms with van der Waals surface area (Å²) in [5.74, 6) is -6.08. The molecule has 1 saturated heterocycles. The molecule has 1 heterocycles. The second-order valence-corrected chi connectivity index (χ2v) is 16.0. The first-order valence-electron chi connectivity index (χ1n) is 21.5. The molecule has 1 fully saturated rings. The number of benzene rings is 2. The van der Waals surface area contributed by atoms with E-state index in [-0.39, 0.29) is 32.2 Å². The monoisotopic (exact) mass is 863 g/mol. The molecule has 8 atom stereocenters. The van der Waals surface area contributed by atoms with Gasteiger partial charge in [0.2, 0.25) is 29.5 Å². The van der Waals surface area contributed by atoms with Gasteiger partial charge in [0.25, 0.3) is 0 Å². The Balaban J connectivity index is 2.07. The molecule has 0 radical (unpaired) electrons. The Morgan fingerprint density at radius 1 is 0.790 bits per heavy atom. The molecule has 2 aromatic rings. The van der Waals surface area contributed by atoms with Crippen molar-refractivity contribution in [3.05, 3.63) is 71.8 Å². The van der Waals surface area contributed by atoms with Crippen molar-refractivity contribution in [2.24, 2.45) is 11.8 Å². The molecular formula is C45H65N7O10. The van der Waals surface area contributed by atoms with Crippen LogP contribution in [0.3, 0.4) is 0 Å². The number of carbonyl (C=O) groups is 8. The first kappa shape index (κ1) is 50.4. The smallest absolute Gasteiger partial charge is 0.326 e. The molecule has 0 aromatic heterocycles. The second kappa shape index (κ2) is 25.7. The van der Waals surface area contributed by atoms with E-state index in [1.807, 2.05) is 67.6 Å². The molecule has 0 saturated carbocycles. The number of esters is 1. The normalized spacial score (nSPS) is 22.5. The molecule has 0 aliphatic carbocycles. The van der Waals surface area contributed by atoms with Crippen molar-refractivity contribution in [3.63, 3.8) is 0 Å². The average Bonchev–Trinajstić information content (AvgIpc) is 3.26. The predicted molar refractivity (Wildman–Crippen MR) is 231 cm³/mol. The molecule has 62 heavy (non-hydrogen) atoms. The van der Waals surface area contributed by atoms with E-state index in [1.54, 1.807) is 20.8 Å². The molecular weight excluding hydrogens is 799 g/mol. The lowest BCUT2D eigenvalue weighted by Gasteiger charge is -2.33. The van der Waals surface area contributed by atoms with E-state index in [2.05, 4.69) is 31.9 Å². The summed E-state index contributed by atoms with van der Waals surface area (Å²) < 4.78 is 5.16. The topological polar surface area (TPSA) is 241 Å². The van der Waals surface area contributed by atoms with Crippen LogP contribution in [-0.4, -0.2) is 114 Å². The standard InChI is InChI=1S/C45H65N7O10/c1-7-28(3)37-42(57)47-34(24-22-31-17-11-9-12-18-31)43(58)52(6)36(25-23-32-19-13-10-14-20-32)41(56)48-35(27-62-30(5)53)39(54)46-26-16-15-21-33(40(55)50-37)49-45(61)51-38(44(59)60)29(4)8-2/h9-14,17-20,28-29,33-38H,7-8,15-16,21-27H2,1-6H3,(H,46,54)(H,47,57)(H,48,56)(H,50,55)(H,59,60)(H2,49,51,61). The number of carbonyl (C=O) groups excluding carboxylic acids is 7. The number of hydrogen-bond donors (Lipinski definition) is 7. The minimum atomic E-state index is -1.34. The third-order valence-electron chi connectivity index (χ3n) is 11.3. The highest BCUT2D eigenvalue weighted by molar-refractivity contribution is 5.96. The fraction of sp³-hybridized carbons (Fsp3) is 0.556. The Bertz CT molecular complexity index is 1810. The number of urea groups is 1.